The van der Waals surface area contributed by atoms with Crippen LogP contribution in [0.2, 0.25) is 0 Å². The van der Waals surface area contributed by atoms with Crippen LogP contribution in [-0.4, -0.2) is 19.5 Å². The number of carboxylic acid groups (broad SMARTS) is 1. The van der Waals surface area contributed by atoms with Gasteiger partial charge in [-0.15, -0.1) is 0 Å². The molecule has 0 aliphatic heterocycles. The van der Waals surface area contributed by atoms with Crippen LogP contribution in [-0.2, 0) is 14.8 Å². The van der Waals surface area contributed by atoms with E-state index >= 15 is 0 Å². The SMILES string of the molecule is Cc1ccc(S(=O)(=O)Nc2ccc([C@@H]3C[C@H]3C(=O)O)cc2)cc1C. The number of aryl methyl sites for hydroxylation is 2. The molecule has 0 radical (unpaired) electrons. The highest BCUT2D eigenvalue weighted by Gasteiger charge is 2.44. The Morgan fingerprint density at radius 2 is 1.75 bits per heavy atom. The molecular weight excluding hydrogens is 326 g/mol. The zero-order valence-electron chi connectivity index (χ0n) is 13.5. The molecule has 0 spiro atoms. The van der Waals surface area contributed by atoms with Gasteiger partial charge in [0, 0.05) is 5.69 Å². The number of anilines is 1. The van der Waals surface area contributed by atoms with Gasteiger partial charge in [0.25, 0.3) is 10.0 Å². The minimum atomic E-state index is -3.64. The van der Waals surface area contributed by atoms with Crippen molar-refractivity contribution < 1.29 is 18.3 Å². The summed E-state index contributed by atoms with van der Waals surface area (Å²) >= 11 is 0. The van der Waals surface area contributed by atoms with Gasteiger partial charge in [-0.1, -0.05) is 18.2 Å². The van der Waals surface area contributed by atoms with Gasteiger partial charge >= 0.3 is 5.97 Å². The quantitative estimate of drug-likeness (QED) is 0.871. The Hall–Kier alpha value is -2.34. The molecule has 3 rings (SSSR count). The number of sulfonamides is 1. The fourth-order valence-electron chi connectivity index (χ4n) is 2.73. The van der Waals surface area contributed by atoms with Crippen molar-refractivity contribution >= 4 is 21.7 Å². The maximum Gasteiger partial charge on any atom is 0.307 e. The first kappa shape index (κ1) is 16.5. The summed E-state index contributed by atoms with van der Waals surface area (Å²) in [5.41, 5.74) is 3.35. The molecule has 0 saturated heterocycles. The third-order valence-corrected chi connectivity index (χ3v) is 5.87. The summed E-state index contributed by atoms with van der Waals surface area (Å²) in [7, 11) is -3.64. The largest absolute Gasteiger partial charge is 0.481 e. The minimum absolute atomic E-state index is 0.0351. The second kappa shape index (κ2) is 5.94. The van der Waals surface area contributed by atoms with E-state index < -0.39 is 16.0 Å². The topological polar surface area (TPSA) is 83.5 Å². The van der Waals surface area contributed by atoms with Crippen molar-refractivity contribution in [1.29, 1.82) is 0 Å². The van der Waals surface area contributed by atoms with Crippen molar-refractivity contribution in [2.75, 3.05) is 4.72 Å². The van der Waals surface area contributed by atoms with E-state index in [1.807, 2.05) is 13.8 Å². The number of hydrogen-bond acceptors (Lipinski definition) is 3. The molecule has 2 aromatic rings. The van der Waals surface area contributed by atoms with E-state index in [9.17, 15) is 13.2 Å². The zero-order valence-corrected chi connectivity index (χ0v) is 14.3. The van der Waals surface area contributed by atoms with Crippen molar-refractivity contribution in [1.82, 2.24) is 0 Å². The van der Waals surface area contributed by atoms with Gasteiger partial charge in [-0.3, -0.25) is 9.52 Å². The van der Waals surface area contributed by atoms with E-state index in [-0.39, 0.29) is 16.7 Å². The lowest BCUT2D eigenvalue weighted by atomic mass is 10.1. The Bertz CT molecular complexity index is 888. The molecule has 0 bridgehead atoms. The molecule has 1 fully saturated rings. The van der Waals surface area contributed by atoms with E-state index in [0.29, 0.717) is 12.1 Å². The molecule has 2 atom stereocenters. The Morgan fingerprint density at radius 3 is 2.29 bits per heavy atom. The number of carboxylic acids is 1. The van der Waals surface area contributed by atoms with E-state index in [4.69, 9.17) is 5.11 Å². The second-order valence-corrected chi connectivity index (χ2v) is 7.94. The monoisotopic (exact) mass is 345 g/mol. The lowest BCUT2D eigenvalue weighted by Gasteiger charge is -2.10. The molecule has 0 aromatic heterocycles. The van der Waals surface area contributed by atoms with Gasteiger partial charge < -0.3 is 5.11 Å². The third kappa shape index (κ3) is 3.28. The van der Waals surface area contributed by atoms with E-state index in [0.717, 1.165) is 16.7 Å². The molecule has 2 aromatic carbocycles. The van der Waals surface area contributed by atoms with Gasteiger partial charge in [-0.25, -0.2) is 8.42 Å². The van der Waals surface area contributed by atoms with E-state index in [2.05, 4.69) is 4.72 Å². The molecule has 1 aliphatic rings. The van der Waals surface area contributed by atoms with Crippen molar-refractivity contribution in [3.8, 4) is 0 Å². The van der Waals surface area contributed by atoms with Gasteiger partial charge in [0.05, 0.1) is 10.8 Å². The normalized spacial score (nSPS) is 19.8. The summed E-state index contributed by atoms with van der Waals surface area (Å²) in [5, 5.41) is 8.97. The maximum absolute atomic E-state index is 12.4. The van der Waals surface area contributed by atoms with Crippen LogP contribution >= 0.6 is 0 Å². The first-order valence-electron chi connectivity index (χ1n) is 7.71. The summed E-state index contributed by atoms with van der Waals surface area (Å²) in [6, 6.07) is 11.9. The minimum Gasteiger partial charge on any atom is -0.481 e. The fraction of sp³-hybridized carbons (Fsp3) is 0.278. The van der Waals surface area contributed by atoms with E-state index in [1.165, 1.54) is 0 Å². The molecule has 126 valence electrons. The smallest absolute Gasteiger partial charge is 0.307 e. The summed E-state index contributed by atoms with van der Waals surface area (Å²) in [6.07, 6.45) is 0.642. The van der Waals surface area contributed by atoms with Crippen molar-refractivity contribution in [2.45, 2.75) is 31.1 Å². The lowest BCUT2D eigenvalue weighted by Crippen LogP contribution is -2.13. The molecule has 24 heavy (non-hydrogen) atoms. The average Bonchev–Trinajstić information content (AvgIpc) is 3.31. The van der Waals surface area contributed by atoms with Crippen LogP contribution in [0.15, 0.2) is 47.4 Å². The van der Waals surface area contributed by atoms with Crippen LogP contribution in [0.4, 0.5) is 5.69 Å². The van der Waals surface area contributed by atoms with Crippen LogP contribution in [0, 0.1) is 19.8 Å². The molecule has 5 nitrogen and oxygen atoms in total. The molecule has 2 N–H and O–H groups in total. The van der Waals surface area contributed by atoms with Crippen LogP contribution in [0.1, 0.15) is 29.0 Å². The number of aliphatic carboxylic acids is 1. The van der Waals surface area contributed by atoms with Crippen LogP contribution in [0.5, 0.6) is 0 Å². The highest BCUT2D eigenvalue weighted by molar-refractivity contribution is 7.92. The lowest BCUT2D eigenvalue weighted by molar-refractivity contribution is -0.138. The number of carbonyl (C=O) groups is 1. The Morgan fingerprint density at radius 1 is 1.08 bits per heavy atom. The first-order valence-corrected chi connectivity index (χ1v) is 9.19. The number of nitrogens with one attached hydrogen (secondary N) is 1. The zero-order chi connectivity index (χ0) is 17.5. The predicted molar refractivity (Wildman–Crippen MR) is 91.7 cm³/mol. The van der Waals surface area contributed by atoms with Crippen molar-refractivity contribution in [3.05, 3.63) is 59.2 Å². The van der Waals surface area contributed by atoms with Crippen LogP contribution in [0.3, 0.4) is 0 Å². The van der Waals surface area contributed by atoms with Gasteiger partial charge in [0.15, 0.2) is 0 Å². The summed E-state index contributed by atoms with van der Waals surface area (Å²) < 4.78 is 27.5. The summed E-state index contributed by atoms with van der Waals surface area (Å²) in [6.45, 7) is 3.80. The highest BCUT2D eigenvalue weighted by Crippen LogP contribution is 2.47. The molecule has 1 aliphatic carbocycles. The predicted octanol–water partition coefficient (Wildman–Crippen LogP) is 3.29. The highest BCUT2D eigenvalue weighted by atomic mass is 32.2. The number of hydrogen-bond donors (Lipinski definition) is 2. The van der Waals surface area contributed by atoms with Crippen molar-refractivity contribution in [3.63, 3.8) is 0 Å². The molecule has 6 heteroatoms. The molecule has 0 unspecified atom stereocenters. The Kier molecular flexibility index (Phi) is 4.09. The van der Waals surface area contributed by atoms with Gasteiger partial charge in [-0.05, 0) is 67.1 Å². The van der Waals surface area contributed by atoms with Crippen LogP contribution in [0.25, 0.3) is 0 Å². The third-order valence-electron chi connectivity index (χ3n) is 4.49. The van der Waals surface area contributed by atoms with E-state index in [1.54, 1.807) is 42.5 Å². The molecular formula is C18H19NO4S. The number of rotatable bonds is 5. The fourth-order valence-corrected chi connectivity index (χ4v) is 3.87. The summed E-state index contributed by atoms with van der Waals surface area (Å²) in [5.74, 6) is -1.06. The van der Waals surface area contributed by atoms with Crippen molar-refractivity contribution in [2.24, 2.45) is 5.92 Å². The second-order valence-electron chi connectivity index (χ2n) is 6.26. The number of benzene rings is 2. The Balaban J connectivity index is 1.75. The Labute approximate surface area is 141 Å². The molecule has 0 amide bonds. The summed E-state index contributed by atoms with van der Waals surface area (Å²) in [4.78, 5) is 11.1. The standard InChI is InChI=1S/C18H19NO4S/c1-11-3-8-15(9-12(11)2)24(22,23)19-14-6-4-13(5-7-14)16-10-17(16)18(20)21/h3-9,16-17,19H,10H2,1-2H3,(H,20,21)/t16-,17+/m0/s1. The maximum atomic E-state index is 12.4. The van der Waals surface area contributed by atoms with Gasteiger partial charge in [0.2, 0.25) is 0 Å². The molecule has 1 saturated carbocycles. The first-order chi connectivity index (χ1) is 11.3. The van der Waals surface area contributed by atoms with Crippen LogP contribution < -0.4 is 4.72 Å². The molecule has 0 heterocycles. The average molecular weight is 345 g/mol. The van der Waals surface area contributed by atoms with Gasteiger partial charge in [0.1, 0.15) is 0 Å². The van der Waals surface area contributed by atoms with Gasteiger partial charge in [-0.2, -0.15) is 0 Å².